The summed E-state index contributed by atoms with van der Waals surface area (Å²) in [5.41, 5.74) is 6.38. The van der Waals surface area contributed by atoms with Crippen molar-refractivity contribution < 1.29 is 20.3 Å². The Hall–Kier alpha value is -2.79. The van der Waals surface area contributed by atoms with Crippen LogP contribution in [0.5, 0.6) is 0 Å². The summed E-state index contributed by atoms with van der Waals surface area (Å²) in [7, 11) is 0. The first-order chi connectivity index (χ1) is 10.2. The van der Waals surface area contributed by atoms with Crippen LogP contribution in [-0.4, -0.2) is 60.2 Å². The van der Waals surface area contributed by atoms with E-state index >= 15 is 0 Å². The van der Waals surface area contributed by atoms with Crippen LogP contribution in [0.25, 0.3) is 11.2 Å². The van der Waals surface area contributed by atoms with Crippen molar-refractivity contribution in [3.8, 4) is 0 Å². The molecule has 2 unspecified atom stereocenters. The van der Waals surface area contributed by atoms with Crippen molar-refractivity contribution in [3.63, 3.8) is 0 Å². The van der Waals surface area contributed by atoms with Crippen LogP contribution in [0.15, 0.2) is 23.0 Å². The van der Waals surface area contributed by atoms with Crippen molar-refractivity contribution >= 4 is 29.4 Å². The van der Waals surface area contributed by atoms with E-state index in [9.17, 15) is 0 Å². The molecule has 21 heavy (non-hydrogen) atoms. The highest BCUT2D eigenvalue weighted by Gasteiger charge is 2.19. The SMILES string of the molecule is Nc1ncnc2c1ncn2C(C=NO)OC(C=NO)CO. The molecule has 0 saturated carbocycles. The van der Waals surface area contributed by atoms with Gasteiger partial charge in [-0.3, -0.25) is 4.57 Å². The third kappa shape index (κ3) is 3.04. The number of rotatable bonds is 6. The summed E-state index contributed by atoms with van der Waals surface area (Å²) in [6.45, 7) is -0.441. The largest absolute Gasteiger partial charge is 0.411 e. The number of aliphatic hydroxyl groups excluding tert-OH is 1. The molecule has 11 heteroatoms. The van der Waals surface area contributed by atoms with Crippen molar-refractivity contribution in [2.45, 2.75) is 12.3 Å². The van der Waals surface area contributed by atoms with Gasteiger partial charge in [0.1, 0.15) is 17.9 Å². The van der Waals surface area contributed by atoms with Gasteiger partial charge < -0.3 is 26.0 Å². The lowest BCUT2D eigenvalue weighted by Gasteiger charge is -2.18. The lowest BCUT2D eigenvalue weighted by Crippen LogP contribution is -2.26. The van der Waals surface area contributed by atoms with Gasteiger partial charge >= 0.3 is 0 Å². The third-order valence-corrected chi connectivity index (χ3v) is 2.58. The Morgan fingerprint density at radius 2 is 2.05 bits per heavy atom. The summed E-state index contributed by atoms with van der Waals surface area (Å²) in [5.74, 6) is 0.189. The van der Waals surface area contributed by atoms with E-state index in [0.717, 1.165) is 12.4 Å². The lowest BCUT2D eigenvalue weighted by atomic mass is 10.4. The molecular weight excluding hydrogens is 282 g/mol. The van der Waals surface area contributed by atoms with Gasteiger partial charge in [0.2, 0.25) is 0 Å². The van der Waals surface area contributed by atoms with E-state index in [0.29, 0.717) is 11.2 Å². The first kappa shape index (κ1) is 14.6. The minimum absolute atomic E-state index is 0.189. The van der Waals surface area contributed by atoms with Gasteiger partial charge in [-0.1, -0.05) is 10.3 Å². The zero-order chi connectivity index (χ0) is 15.2. The van der Waals surface area contributed by atoms with Crippen molar-refractivity contribution in [2.75, 3.05) is 12.3 Å². The average molecular weight is 295 g/mol. The Kier molecular flexibility index (Phi) is 4.58. The van der Waals surface area contributed by atoms with Gasteiger partial charge in [-0.05, 0) is 0 Å². The van der Waals surface area contributed by atoms with Crippen LogP contribution in [0.4, 0.5) is 5.82 Å². The number of aliphatic hydroxyl groups is 1. The number of nitrogens with two attached hydrogens (primary N) is 1. The topological polar surface area (TPSA) is 164 Å². The number of anilines is 1. The Morgan fingerprint density at radius 3 is 2.71 bits per heavy atom. The number of fused-ring (bicyclic) bond motifs is 1. The number of ether oxygens (including phenoxy) is 1. The average Bonchev–Trinajstić information content (AvgIpc) is 2.91. The summed E-state index contributed by atoms with van der Waals surface area (Å²) in [6, 6.07) is 0. The molecule has 112 valence electrons. The fourth-order valence-corrected chi connectivity index (χ4v) is 1.66. The van der Waals surface area contributed by atoms with Gasteiger partial charge in [-0.15, -0.1) is 0 Å². The maximum absolute atomic E-state index is 9.12. The molecule has 0 fully saturated rings. The Morgan fingerprint density at radius 1 is 1.29 bits per heavy atom. The number of imidazole rings is 1. The van der Waals surface area contributed by atoms with Crippen LogP contribution in [0.3, 0.4) is 0 Å². The van der Waals surface area contributed by atoms with E-state index in [1.807, 2.05) is 0 Å². The van der Waals surface area contributed by atoms with Crippen molar-refractivity contribution in [3.05, 3.63) is 12.7 Å². The van der Waals surface area contributed by atoms with Crippen LogP contribution >= 0.6 is 0 Å². The number of aromatic nitrogens is 4. The molecule has 0 aliphatic rings. The molecule has 0 aliphatic carbocycles. The Bertz CT molecular complexity index is 656. The van der Waals surface area contributed by atoms with Crippen molar-refractivity contribution in [1.82, 2.24) is 19.5 Å². The summed E-state index contributed by atoms with van der Waals surface area (Å²) in [4.78, 5) is 11.9. The predicted molar refractivity (Wildman–Crippen MR) is 71.3 cm³/mol. The zero-order valence-corrected chi connectivity index (χ0v) is 10.7. The second-order valence-corrected chi connectivity index (χ2v) is 3.86. The Labute approximate surface area is 118 Å². The van der Waals surface area contributed by atoms with Gasteiger partial charge in [-0.25, -0.2) is 15.0 Å². The van der Waals surface area contributed by atoms with Gasteiger partial charge in [0.25, 0.3) is 0 Å². The van der Waals surface area contributed by atoms with E-state index in [1.165, 1.54) is 17.2 Å². The molecule has 5 N–H and O–H groups in total. The van der Waals surface area contributed by atoms with Gasteiger partial charge in [0.05, 0.1) is 25.4 Å². The Balaban J connectivity index is 2.38. The highest BCUT2D eigenvalue weighted by molar-refractivity contribution is 5.82. The summed E-state index contributed by atoms with van der Waals surface area (Å²) >= 11 is 0. The van der Waals surface area contributed by atoms with E-state index in [1.54, 1.807) is 0 Å². The van der Waals surface area contributed by atoms with Crippen LogP contribution in [0, 0.1) is 0 Å². The van der Waals surface area contributed by atoms with E-state index in [4.69, 9.17) is 26.0 Å². The molecule has 2 rings (SSSR count). The number of hydrogen-bond donors (Lipinski definition) is 4. The molecule has 0 aliphatic heterocycles. The fourth-order valence-electron chi connectivity index (χ4n) is 1.66. The lowest BCUT2D eigenvalue weighted by molar-refractivity contribution is -0.000683. The quantitative estimate of drug-likeness (QED) is 0.305. The minimum Gasteiger partial charge on any atom is -0.411 e. The number of nitrogens with zero attached hydrogens (tertiary/aromatic N) is 6. The molecule has 2 aromatic heterocycles. The normalized spacial score (nSPS) is 15.1. The van der Waals surface area contributed by atoms with Gasteiger partial charge in [-0.2, -0.15) is 0 Å². The number of oxime groups is 2. The van der Waals surface area contributed by atoms with Crippen LogP contribution < -0.4 is 5.73 Å². The van der Waals surface area contributed by atoms with Crippen LogP contribution in [0.2, 0.25) is 0 Å². The van der Waals surface area contributed by atoms with Crippen molar-refractivity contribution in [1.29, 1.82) is 0 Å². The van der Waals surface area contributed by atoms with E-state index in [2.05, 4.69) is 25.3 Å². The smallest absolute Gasteiger partial charge is 0.177 e. The highest BCUT2D eigenvalue weighted by Crippen LogP contribution is 2.19. The molecule has 0 amide bonds. The molecule has 2 heterocycles. The molecule has 11 nitrogen and oxygen atoms in total. The molecule has 0 radical (unpaired) electrons. The minimum atomic E-state index is -0.954. The van der Waals surface area contributed by atoms with Crippen LogP contribution in [0.1, 0.15) is 6.23 Å². The molecule has 0 spiro atoms. The molecule has 0 saturated heterocycles. The van der Waals surface area contributed by atoms with E-state index < -0.39 is 18.9 Å². The molecule has 0 aromatic carbocycles. The standard InChI is InChI=1S/C10H13N7O4/c11-9-8-10(13-4-12-9)17(5-14-8)7(2-16-20)21-6(3-18)1-15-19/h1-2,4-7,18-20H,3H2,(H2,11,12,13). The van der Waals surface area contributed by atoms with E-state index in [-0.39, 0.29) is 5.82 Å². The zero-order valence-electron chi connectivity index (χ0n) is 10.7. The second kappa shape index (κ2) is 6.58. The fraction of sp³-hybridized carbons (Fsp3) is 0.300. The van der Waals surface area contributed by atoms with Gasteiger partial charge in [0, 0.05) is 0 Å². The molecular formula is C10H13N7O4. The number of nitrogen functional groups attached to an aromatic ring is 1. The first-order valence-electron chi connectivity index (χ1n) is 5.75. The van der Waals surface area contributed by atoms with Gasteiger partial charge in [0.15, 0.2) is 17.7 Å². The molecule has 2 atom stereocenters. The monoisotopic (exact) mass is 295 g/mol. The summed E-state index contributed by atoms with van der Waals surface area (Å²) < 4.78 is 6.84. The highest BCUT2D eigenvalue weighted by atomic mass is 16.5. The maximum atomic E-state index is 9.12. The number of hydrogen-bond acceptors (Lipinski definition) is 10. The molecule has 0 bridgehead atoms. The summed E-state index contributed by atoms with van der Waals surface area (Å²) in [5, 5.41) is 32.0. The molecule has 2 aromatic rings. The summed E-state index contributed by atoms with van der Waals surface area (Å²) in [6.07, 6.45) is 2.78. The second-order valence-electron chi connectivity index (χ2n) is 3.86. The predicted octanol–water partition coefficient (Wildman–Crippen LogP) is -0.795. The van der Waals surface area contributed by atoms with Crippen LogP contribution in [-0.2, 0) is 4.74 Å². The van der Waals surface area contributed by atoms with Crippen molar-refractivity contribution in [2.24, 2.45) is 10.3 Å². The third-order valence-electron chi connectivity index (χ3n) is 2.58. The first-order valence-corrected chi connectivity index (χ1v) is 5.75. The maximum Gasteiger partial charge on any atom is 0.177 e.